The summed E-state index contributed by atoms with van der Waals surface area (Å²) in [6.45, 7) is 6.83. The molecule has 0 N–H and O–H groups in total. The third-order valence-corrected chi connectivity index (χ3v) is 18.6. The van der Waals surface area contributed by atoms with Gasteiger partial charge in [0.15, 0.2) is 0 Å². The minimum atomic E-state index is -2.37. The van der Waals surface area contributed by atoms with Crippen molar-refractivity contribution >= 4 is 19.0 Å². The number of rotatable bonds is 6. The zero-order chi connectivity index (χ0) is 17.9. The number of nitrogens with zero attached hydrogens (tertiary/aromatic N) is 2. The van der Waals surface area contributed by atoms with Crippen LogP contribution in [-0.2, 0) is 4.84 Å². The van der Waals surface area contributed by atoms with Crippen molar-refractivity contribution < 1.29 is 9.23 Å². The second-order valence-corrected chi connectivity index (χ2v) is 18.1. The molecule has 0 saturated carbocycles. The van der Waals surface area contributed by atoms with Crippen molar-refractivity contribution in [2.45, 2.75) is 47.4 Å². The Morgan fingerprint density at radius 3 is 2.28 bits per heavy atom. The first-order valence-electron chi connectivity index (χ1n) is 9.06. The van der Waals surface area contributed by atoms with E-state index in [4.69, 9.17) is 4.84 Å². The van der Waals surface area contributed by atoms with Crippen LogP contribution in [-0.4, -0.2) is 24.0 Å². The molecule has 1 aliphatic rings. The predicted octanol–water partition coefficient (Wildman–Crippen LogP) is 5.58. The van der Waals surface area contributed by atoms with Crippen LogP contribution >= 0.6 is 0 Å². The van der Waals surface area contributed by atoms with E-state index in [2.05, 4.69) is 30.9 Å². The van der Waals surface area contributed by atoms with Crippen molar-refractivity contribution in [2.75, 3.05) is 0 Å². The van der Waals surface area contributed by atoms with Crippen molar-refractivity contribution in [3.63, 3.8) is 0 Å². The summed E-state index contributed by atoms with van der Waals surface area (Å²) in [5.41, 5.74) is 2.39. The average molecular weight is 401 g/mol. The Kier molecular flexibility index (Phi) is 5.57. The van der Waals surface area contributed by atoms with Crippen molar-refractivity contribution in [3.05, 3.63) is 65.7 Å². The van der Waals surface area contributed by atoms with Gasteiger partial charge in [-0.3, -0.25) is 0 Å². The van der Waals surface area contributed by atoms with E-state index in [0.29, 0.717) is 5.56 Å². The molecule has 2 unspecified atom stereocenters. The first-order valence-corrected chi connectivity index (χ1v) is 14.7. The summed E-state index contributed by atoms with van der Waals surface area (Å²) in [6, 6.07) is 12.8. The molecule has 3 rings (SSSR count). The van der Waals surface area contributed by atoms with Crippen LogP contribution in [0.5, 0.6) is 0 Å². The minimum absolute atomic E-state index is 0.159. The molecule has 1 aromatic carbocycles. The molecule has 0 spiro atoms. The van der Waals surface area contributed by atoms with Gasteiger partial charge in [-0.05, 0) is 0 Å². The van der Waals surface area contributed by atoms with E-state index in [1.165, 1.54) is 6.07 Å². The molecule has 0 saturated heterocycles. The zero-order valence-corrected chi connectivity index (χ0v) is 17.2. The molecule has 0 bridgehead atoms. The Hall–Kier alpha value is -1.69. The molecule has 0 radical (unpaired) electrons. The van der Waals surface area contributed by atoms with E-state index in [1.807, 2.05) is 30.3 Å². The number of hydrogen-bond donors (Lipinski definition) is 0. The van der Waals surface area contributed by atoms with E-state index >= 15 is 0 Å². The standard InChI is InChI=1S/C20H25FGeN2O/c1-4-22(5-2,6-3)18-19(17-13-9-10-14-23-17)24-25-20(18)15-11-7-8-12-16(15)21/h7-14,18,20H,4-6H2,1-3H3. The Balaban J connectivity index is 2.11. The Bertz CT molecular complexity index is 738. The first kappa shape index (κ1) is 18.1. The molecule has 2 atom stereocenters. The van der Waals surface area contributed by atoms with Crippen LogP contribution in [0, 0.1) is 5.82 Å². The van der Waals surface area contributed by atoms with Crippen molar-refractivity contribution in [2.24, 2.45) is 5.16 Å². The fourth-order valence-electron chi connectivity index (χ4n) is 4.06. The van der Waals surface area contributed by atoms with E-state index in [9.17, 15) is 4.39 Å². The van der Waals surface area contributed by atoms with Gasteiger partial charge in [-0.25, -0.2) is 0 Å². The second-order valence-electron chi connectivity index (χ2n) is 6.64. The van der Waals surface area contributed by atoms with Crippen LogP contribution in [0.3, 0.4) is 0 Å². The molecule has 5 heteroatoms. The van der Waals surface area contributed by atoms with Gasteiger partial charge in [-0.1, -0.05) is 0 Å². The SMILES string of the molecule is C[CH2][Ge]([CH2]C)([CH2]C)[CH]1C(c2ccccn2)=NOC1c1ccccc1F. The van der Waals surface area contributed by atoms with Crippen LogP contribution < -0.4 is 0 Å². The van der Waals surface area contributed by atoms with Gasteiger partial charge < -0.3 is 0 Å². The van der Waals surface area contributed by atoms with Crippen molar-refractivity contribution in [1.82, 2.24) is 4.98 Å². The van der Waals surface area contributed by atoms with Crippen molar-refractivity contribution in [3.8, 4) is 0 Å². The van der Waals surface area contributed by atoms with E-state index in [1.54, 1.807) is 12.3 Å². The summed E-state index contributed by atoms with van der Waals surface area (Å²) < 4.78 is 14.7. The molecular formula is C20H25FGeN2O. The quantitative estimate of drug-likeness (QED) is 0.593. The maximum absolute atomic E-state index is 14.5. The Morgan fingerprint density at radius 2 is 1.68 bits per heavy atom. The van der Waals surface area contributed by atoms with E-state index in [0.717, 1.165) is 27.2 Å². The summed E-state index contributed by atoms with van der Waals surface area (Å²) in [5, 5.41) is 7.92. The normalized spacial score (nSPS) is 20.2. The molecule has 2 heterocycles. The molecule has 0 amide bonds. The van der Waals surface area contributed by atoms with Crippen LogP contribution in [0.4, 0.5) is 4.39 Å². The van der Waals surface area contributed by atoms with Gasteiger partial charge in [0.2, 0.25) is 0 Å². The molecule has 0 aliphatic carbocycles. The molecular weight excluding hydrogens is 376 g/mol. The van der Waals surface area contributed by atoms with Gasteiger partial charge >= 0.3 is 151 Å². The number of benzene rings is 1. The van der Waals surface area contributed by atoms with Gasteiger partial charge in [0.05, 0.1) is 0 Å². The van der Waals surface area contributed by atoms with Gasteiger partial charge in [0, 0.05) is 0 Å². The maximum atomic E-state index is 14.5. The average Bonchev–Trinajstić information content (AvgIpc) is 3.10. The molecule has 1 aliphatic heterocycles. The topological polar surface area (TPSA) is 34.5 Å². The predicted molar refractivity (Wildman–Crippen MR) is 102 cm³/mol. The van der Waals surface area contributed by atoms with E-state index < -0.39 is 13.3 Å². The van der Waals surface area contributed by atoms with Crippen LogP contribution in [0.15, 0.2) is 53.8 Å². The molecule has 2 aromatic rings. The summed E-state index contributed by atoms with van der Waals surface area (Å²) in [4.78, 5) is 10.4. The fourth-order valence-corrected chi connectivity index (χ4v) is 13.5. The van der Waals surface area contributed by atoms with Gasteiger partial charge in [-0.2, -0.15) is 0 Å². The third-order valence-electron chi connectivity index (χ3n) is 5.77. The molecule has 0 fully saturated rings. The Labute approximate surface area is 151 Å². The number of hydrogen-bond acceptors (Lipinski definition) is 3. The summed E-state index contributed by atoms with van der Waals surface area (Å²) in [7, 11) is 0. The first-order chi connectivity index (χ1) is 12.2. The number of halogens is 1. The summed E-state index contributed by atoms with van der Waals surface area (Å²) in [6.07, 6.45) is 1.45. The van der Waals surface area contributed by atoms with Gasteiger partial charge in [-0.15, -0.1) is 0 Å². The molecule has 3 nitrogen and oxygen atoms in total. The third kappa shape index (κ3) is 3.24. The molecule has 1 aromatic heterocycles. The van der Waals surface area contributed by atoms with Crippen LogP contribution in [0.1, 0.15) is 38.1 Å². The van der Waals surface area contributed by atoms with Crippen molar-refractivity contribution in [1.29, 1.82) is 0 Å². The summed E-state index contributed by atoms with van der Waals surface area (Å²) >= 11 is -2.37. The fraction of sp³-hybridized carbons (Fsp3) is 0.400. The zero-order valence-electron chi connectivity index (χ0n) is 15.1. The number of oxime groups is 1. The van der Waals surface area contributed by atoms with E-state index in [-0.39, 0.29) is 16.7 Å². The summed E-state index contributed by atoms with van der Waals surface area (Å²) in [5.74, 6) is -0.213. The molecule has 25 heavy (non-hydrogen) atoms. The van der Waals surface area contributed by atoms with Crippen LogP contribution in [0.2, 0.25) is 20.5 Å². The van der Waals surface area contributed by atoms with Gasteiger partial charge in [0.25, 0.3) is 0 Å². The second kappa shape index (κ2) is 7.69. The monoisotopic (exact) mass is 402 g/mol. The number of pyridine rings is 1. The Morgan fingerprint density at radius 1 is 1.00 bits per heavy atom. The number of aromatic nitrogens is 1. The van der Waals surface area contributed by atoms with Gasteiger partial charge in [0.1, 0.15) is 0 Å². The van der Waals surface area contributed by atoms with Crippen LogP contribution in [0.25, 0.3) is 0 Å². The molecule has 132 valence electrons.